The first-order valence-corrected chi connectivity index (χ1v) is 9.46. The highest BCUT2D eigenvalue weighted by atomic mass is 16.5. The van der Waals surface area contributed by atoms with Gasteiger partial charge in [0.15, 0.2) is 17.1 Å². The zero-order valence-electron chi connectivity index (χ0n) is 16.1. The molecule has 4 rings (SSSR count). The molecule has 1 amide bonds. The summed E-state index contributed by atoms with van der Waals surface area (Å²) in [6, 6.07) is 13.4. The summed E-state index contributed by atoms with van der Waals surface area (Å²) in [6.07, 6.45) is 3.73. The molecule has 0 radical (unpaired) electrons. The van der Waals surface area contributed by atoms with Crippen molar-refractivity contribution in [2.45, 2.75) is 31.8 Å². The molecule has 1 heterocycles. The van der Waals surface area contributed by atoms with Crippen molar-refractivity contribution in [2.75, 3.05) is 19.5 Å². The van der Waals surface area contributed by atoms with Crippen LogP contribution in [0, 0.1) is 0 Å². The third-order valence-electron chi connectivity index (χ3n) is 5.22. The van der Waals surface area contributed by atoms with Gasteiger partial charge in [0.1, 0.15) is 5.75 Å². The van der Waals surface area contributed by atoms with E-state index in [2.05, 4.69) is 10.6 Å². The van der Waals surface area contributed by atoms with Crippen LogP contribution in [0.15, 0.2) is 46.9 Å². The molecule has 146 valence electrons. The summed E-state index contributed by atoms with van der Waals surface area (Å²) in [7, 11) is 3.20. The number of hydrogen-bond donors (Lipinski definition) is 2. The largest absolute Gasteiger partial charge is 0.497 e. The molecule has 0 unspecified atom stereocenters. The summed E-state index contributed by atoms with van der Waals surface area (Å²) >= 11 is 0. The Labute approximate surface area is 163 Å². The molecule has 6 nitrogen and oxygen atoms in total. The van der Waals surface area contributed by atoms with E-state index in [1.807, 2.05) is 12.1 Å². The van der Waals surface area contributed by atoms with E-state index in [0.717, 1.165) is 23.2 Å². The third-order valence-corrected chi connectivity index (χ3v) is 5.22. The molecular formula is C22H24N2O4. The maximum absolute atomic E-state index is 12.7. The molecule has 1 aromatic heterocycles. The molecule has 0 spiro atoms. The molecule has 1 aliphatic rings. The van der Waals surface area contributed by atoms with Gasteiger partial charge in [0, 0.05) is 23.7 Å². The number of carbonyl (C=O) groups excluding carboxylic acids is 1. The molecule has 2 aromatic carbocycles. The first-order valence-electron chi connectivity index (χ1n) is 9.46. The molecule has 6 heteroatoms. The van der Waals surface area contributed by atoms with Crippen molar-refractivity contribution in [3.63, 3.8) is 0 Å². The lowest BCUT2D eigenvalue weighted by atomic mass is 9.93. The predicted octanol–water partition coefficient (Wildman–Crippen LogP) is 4.34. The van der Waals surface area contributed by atoms with Crippen molar-refractivity contribution < 1.29 is 18.7 Å². The average molecular weight is 380 g/mol. The molecule has 0 bridgehead atoms. The number of amides is 1. The summed E-state index contributed by atoms with van der Waals surface area (Å²) in [5, 5.41) is 7.30. The van der Waals surface area contributed by atoms with Crippen molar-refractivity contribution in [3.8, 4) is 11.5 Å². The van der Waals surface area contributed by atoms with Crippen molar-refractivity contribution in [1.29, 1.82) is 0 Å². The van der Waals surface area contributed by atoms with Gasteiger partial charge in [-0.2, -0.15) is 0 Å². The second kappa shape index (κ2) is 7.94. The number of ether oxygens (including phenoxy) is 2. The summed E-state index contributed by atoms with van der Waals surface area (Å²) in [5.74, 6) is 1.29. The second-order valence-corrected chi connectivity index (χ2v) is 6.97. The van der Waals surface area contributed by atoms with E-state index in [-0.39, 0.29) is 11.7 Å². The fraction of sp³-hybridized carbons (Fsp3) is 0.318. The van der Waals surface area contributed by atoms with Gasteiger partial charge in [-0.25, -0.2) is 0 Å². The van der Waals surface area contributed by atoms with Crippen molar-refractivity contribution in [3.05, 3.63) is 53.8 Å². The summed E-state index contributed by atoms with van der Waals surface area (Å²) in [5.41, 5.74) is 2.36. The number of methoxy groups -OCH3 is 2. The Morgan fingerprint density at radius 2 is 1.89 bits per heavy atom. The van der Waals surface area contributed by atoms with Crippen LogP contribution in [0.4, 0.5) is 5.69 Å². The van der Waals surface area contributed by atoms with Crippen LogP contribution in [0.2, 0.25) is 0 Å². The van der Waals surface area contributed by atoms with Gasteiger partial charge in [-0.15, -0.1) is 0 Å². The number of furan rings is 1. The van der Waals surface area contributed by atoms with E-state index in [4.69, 9.17) is 13.9 Å². The van der Waals surface area contributed by atoms with Gasteiger partial charge >= 0.3 is 0 Å². The van der Waals surface area contributed by atoms with Crippen molar-refractivity contribution in [1.82, 2.24) is 5.32 Å². The second-order valence-electron chi connectivity index (χ2n) is 6.97. The Kier molecular flexibility index (Phi) is 5.21. The van der Waals surface area contributed by atoms with E-state index in [1.165, 1.54) is 19.3 Å². The number of benzene rings is 2. The van der Waals surface area contributed by atoms with Crippen LogP contribution in [-0.4, -0.2) is 26.2 Å². The first-order chi connectivity index (χ1) is 13.7. The standard InChI is InChI=1S/C22H24N2O4/c1-26-17-9-7-16(8-10-17)24-22(25)20-12-18-14(13-23-15-4-3-5-15)6-11-19(27-2)21(18)28-20/h6-12,15,23H,3-5,13H2,1-2H3,(H,24,25). The van der Waals surface area contributed by atoms with E-state index in [9.17, 15) is 4.79 Å². The monoisotopic (exact) mass is 380 g/mol. The van der Waals surface area contributed by atoms with Gasteiger partial charge in [0.25, 0.3) is 5.91 Å². The maximum atomic E-state index is 12.7. The van der Waals surface area contributed by atoms with Crippen LogP contribution in [0.5, 0.6) is 11.5 Å². The number of rotatable bonds is 7. The van der Waals surface area contributed by atoms with Crippen molar-refractivity contribution >= 4 is 22.6 Å². The Balaban J connectivity index is 1.58. The van der Waals surface area contributed by atoms with Gasteiger partial charge in [0.2, 0.25) is 0 Å². The summed E-state index contributed by atoms with van der Waals surface area (Å²) < 4.78 is 16.4. The molecule has 2 N–H and O–H groups in total. The fourth-order valence-electron chi connectivity index (χ4n) is 3.31. The van der Waals surface area contributed by atoms with Crippen molar-refractivity contribution in [2.24, 2.45) is 0 Å². The SMILES string of the molecule is COc1ccc(NC(=O)c2cc3c(CNC4CCC4)ccc(OC)c3o2)cc1. The molecule has 0 saturated heterocycles. The molecule has 0 atom stereocenters. The molecular weight excluding hydrogens is 356 g/mol. The minimum Gasteiger partial charge on any atom is -0.497 e. The smallest absolute Gasteiger partial charge is 0.291 e. The first kappa shape index (κ1) is 18.4. The Bertz CT molecular complexity index is 974. The highest BCUT2D eigenvalue weighted by Gasteiger charge is 2.20. The van der Waals surface area contributed by atoms with Gasteiger partial charge in [0.05, 0.1) is 14.2 Å². The Hall–Kier alpha value is -2.99. The Morgan fingerprint density at radius 1 is 1.11 bits per heavy atom. The van der Waals surface area contributed by atoms with E-state index < -0.39 is 0 Å². The number of carbonyl (C=O) groups is 1. The van der Waals surface area contributed by atoms with Gasteiger partial charge < -0.3 is 24.5 Å². The highest BCUT2D eigenvalue weighted by molar-refractivity contribution is 6.05. The number of hydrogen-bond acceptors (Lipinski definition) is 5. The quantitative estimate of drug-likeness (QED) is 0.638. The van der Waals surface area contributed by atoms with Crippen LogP contribution in [0.25, 0.3) is 11.0 Å². The molecule has 1 fully saturated rings. The van der Waals surface area contributed by atoms with E-state index >= 15 is 0 Å². The summed E-state index contributed by atoms with van der Waals surface area (Å²) in [6.45, 7) is 0.740. The van der Waals surface area contributed by atoms with Gasteiger partial charge in [-0.1, -0.05) is 12.5 Å². The van der Waals surface area contributed by atoms with E-state index in [0.29, 0.717) is 23.1 Å². The zero-order valence-corrected chi connectivity index (χ0v) is 16.1. The van der Waals surface area contributed by atoms with Gasteiger partial charge in [-0.05, 0) is 54.8 Å². The average Bonchev–Trinajstić information content (AvgIpc) is 3.13. The minimum absolute atomic E-state index is 0.250. The van der Waals surface area contributed by atoms with Crippen LogP contribution in [0.3, 0.4) is 0 Å². The lowest BCUT2D eigenvalue weighted by molar-refractivity contribution is 0.0998. The Morgan fingerprint density at radius 3 is 2.54 bits per heavy atom. The van der Waals surface area contributed by atoms with Gasteiger partial charge in [-0.3, -0.25) is 4.79 Å². The van der Waals surface area contributed by atoms with Crippen LogP contribution >= 0.6 is 0 Å². The fourth-order valence-corrected chi connectivity index (χ4v) is 3.31. The lowest BCUT2D eigenvalue weighted by Crippen LogP contribution is -2.34. The normalized spacial score (nSPS) is 13.9. The predicted molar refractivity (Wildman–Crippen MR) is 108 cm³/mol. The molecule has 1 aliphatic carbocycles. The molecule has 28 heavy (non-hydrogen) atoms. The molecule has 0 aliphatic heterocycles. The summed E-state index contributed by atoms with van der Waals surface area (Å²) in [4.78, 5) is 12.7. The number of fused-ring (bicyclic) bond motifs is 1. The minimum atomic E-state index is -0.304. The molecule has 3 aromatic rings. The lowest BCUT2D eigenvalue weighted by Gasteiger charge is -2.26. The molecule has 1 saturated carbocycles. The van der Waals surface area contributed by atoms with Crippen LogP contribution in [-0.2, 0) is 6.54 Å². The maximum Gasteiger partial charge on any atom is 0.291 e. The highest BCUT2D eigenvalue weighted by Crippen LogP contribution is 2.32. The topological polar surface area (TPSA) is 72.7 Å². The van der Waals surface area contributed by atoms with E-state index in [1.54, 1.807) is 44.6 Å². The van der Waals surface area contributed by atoms with Crippen LogP contribution in [0.1, 0.15) is 35.4 Å². The zero-order chi connectivity index (χ0) is 19.5. The number of nitrogens with one attached hydrogen (secondary N) is 2. The third kappa shape index (κ3) is 3.68. The number of anilines is 1. The van der Waals surface area contributed by atoms with Crippen LogP contribution < -0.4 is 20.1 Å².